The van der Waals surface area contributed by atoms with Crippen LogP contribution in [0.25, 0.3) is 0 Å². The van der Waals surface area contributed by atoms with Crippen LogP contribution in [0.5, 0.6) is 0 Å². The van der Waals surface area contributed by atoms with Crippen LogP contribution in [0.3, 0.4) is 0 Å². The molecular formula is C13H15BrClN3. The summed E-state index contributed by atoms with van der Waals surface area (Å²) in [4.78, 5) is 4.32. The van der Waals surface area contributed by atoms with E-state index in [-0.39, 0.29) is 0 Å². The highest BCUT2D eigenvalue weighted by molar-refractivity contribution is 9.10. The number of anilines is 2. The number of unbranched alkanes of at least 4 members (excludes halogenated alkanes) is 1. The zero-order valence-corrected chi connectivity index (χ0v) is 12.5. The van der Waals surface area contributed by atoms with Gasteiger partial charge in [0.05, 0.1) is 5.02 Å². The van der Waals surface area contributed by atoms with Crippen molar-refractivity contribution in [3.05, 3.63) is 40.1 Å². The summed E-state index contributed by atoms with van der Waals surface area (Å²) >= 11 is 9.38. The Hall–Kier alpha value is -1.000. The number of hydrogen-bond acceptors (Lipinski definition) is 2. The summed E-state index contributed by atoms with van der Waals surface area (Å²) in [5.41, 5.74) is 0.968. The van der Waals surface area contributed by atoms with Crippen LogP contribution in [0.4, 0.5) is 11.6 Å². The lowest BCUT2D eigenvalue weighted by atomic mass is 10.3. The maximum Gasteiger partial charge on any atom is 0.207 e. The summed E-state index contributed by atoms with van der Waals surface area (Å²) < 4.78 is 2.99. The van der Waals surface area contributed by atoms with Crippen molar-refractivity contribution < 1.29 is 0 Å². The summed E-state index contributed by atoms with van der Waals surface area (Å²) in [6.45, 7) is 3.16. The van der Waals surface area contributed by atoms with E-state index in [1.54, 1.807) is 0 Å². The molecule has 0 amide bonds. The van der Waals surface area contributed by atoms with E-state index in [0.29, 0.717) is 5.02 Å². The number of nitrogens with zero attached hydrogens (tertiary/aromatic N) is 2. The van der Waals surface area contributed by atoms with Gasteiger partial charge >= 0.3 is 0 Å². The van der Waals surface area contributed by atoms with Crippen molar-refractivity contribution in [3.8, 4) is 0 Å². The molecule has 18 heavy (non-hydrogen) atoms. The second-order valence-corrected chi connectivity index (χ2v) is 5.31. The molecule has 3 nitrogen and oxygen atoms in total. The Labute approximate surface area is 120 Å². The van der Waals surface area contributed by atoms with E-state index in [1.165, 1.54) is 6.42 Å². The third kappa shape index (κ3) is 3.27. The number of hydrogen-bond donors (Lipinski definition) is 1. The van der Waals surface area contributed by atoms with Crippen LogP contribution >= 0.6 is 27.5 Å². The van der Waals surface area contributed by atoms with Crippen molar-refractivity contribution >= 4 is 39.2 Å². The first-order valence-corrected chi connectivity index (χ1v) is 7.11. The molecule has 1 N–H and O–H groups in total. The standard InChI is InChI=1S/C13H15BrClN3/c1-2-3-7-18-8-6-16-13(18)17-10-4-5-12(15)11(14)9-10/h4-6,8-9H,2-3,7H2,1H3,(H,16,17). The van der Waals surface area contributed by atoms with Gasteiger partial charge in [-0.15, -0.1) is 0 Å². The molecule has 1 heterocycles. The number of aromatic nitrogens is 2. The van der Waals surface area contributed by atoms with E-state index in [9.17, 15) is 0 Å². The maximum atomic E-state index is 5.97. The number of aryl methyl sites for hydroxylation is 1. The van der Waals surface area contributed by atoms with Gasteiger partial charge in [0.15, 0.2) is 0 Å². The molecule has 5 heteroatoms. The molecule has 0 aliphatic carbocycles. The molecule has 1 aromatic heterocycles. The molecule has 0 atom stereocenters. The van der Waals surface area contributed by atoms with Gasteiger partial charge in [0.1, 0.15) is 0 Å². The van der Waals surface area contributed by atoms with Crippen LogP contribution in [0.1, 0.15) is 19.8 Å². The second-order valence-electron chi connectivity index (χ2n) is 4.05. The first-order chi connectivity index (χ1) is 8.70. The molecule has 0 bridgehead atoms. The van der Waals surface area contributed by atoms with Crippen molar-refractivity contribution in [2.45, 2.75) is 26.3 Å². The molecule has 2 rings (SSSR count). The van der Waals surface area contributed by atoms with Crippen LogP contribution in [0, 0.1) is 0 Å². The van der Waals surface area contributed by atoms with E-state index in [4.69, 9.17) is 11.6 Å². The minimum Gasteiger partial charge on any atom is -0.326 e. The molecule has 0 radical (unpaired) electrons. The van der Waals surface area contributed by atoms with E-state index >= 15 is 0 Å². The average molecular weight is 329 g/mol. The third-order valence-corrected chi connectivity index (χ3v) is 3.86. The Balaban J connectivity index is 2.13. The van der Waals surface area contributed by atoms with Crippen LogP contribution in [-0.4, -0.2) is 9.55 Å². The molecule has 0 saturated heterocycles. The summed E-state index contributed by atoms with van der Waals surface area (Å²) in [6, 6.07) is 5.74. The van der Waals surface area contributed by atoms with Gasteiger partial charge in [-0.3, -0.25) is 0 Å². The predicted octanol–water partition coefficient (Wildman–Crippen LogP) is 4.84. The SMILES string of the molecule is CCCCn1ccnc1Nc1ccc(Cl)c(Br)c1. The van der Waals surface area contributed by atoms with Gasteiger partial charge in [0, 0.05) is 29.1 Å². The van der Waals surface area contributed by atoms with Gasteiger partial charge in [0.2, 0.25) is 5.95 Å². The van der Waals surface area contributed by atoms with Crippen LogP contribution in [0.2, 0.25) is 5.02 Å². The fraction of sp³-hybridized carbons (Fsp3) is 0.308. The highest BCUT2D eigenvalue weighted by atomic mass is 79.9. The molecule has 96 valence electrons. The normalized spacial score (nSPS) is 10.6. The van der Waals surface area contributed by atoms with Crippen molar-refractivity contribution in [2.24, 2.45) is 0 Å². The number of rotatable bonds is 5. The van der Waals surface area contributed by atoms with Gasteiger partial charge in [-0.05, 0) is 40.5 Å². The van der Waals surface area contributed by atoms with E-state index < -0.39 is 0 Å². The maximum absolute atomic E-state index is 5.97. The van der Waals surface area contributed by atoms with Gasteiger partial charge < -0.3 is 9.88 Å². The fourth-order valence-corrected chi connectivity index (χ4v) is 2.14. The summed E-state index contributed by atoms with van der Waals surface area (Å²) in [5, 5.41) is 4.00. The Kier molecular flexibility index (Phi) is 4.66. The van der Waals surface area contributed by atoms with E-state index in [2.05, 4.69) is 37.7 Å². The smallest absolute Gasteiger partial charge is 0.207 e. The topological polar surface area (TPSA) is 29.9 Å². The Morgan fingerprint density at radius 2 is 2.28 bits per heavy atom. The van der Waals surface area contributed by atoms with E-state index in [1.807, 2.05) is 30.6 Å². The summed E-state index contributed by atoms with van der Waals surface area (Å²) in [7, 11) is 0. The predicted molar refractivity (Wildman–Crippen MR) is 79.6 cm³/mol. The summed E-state index contributed by atoms with van der Waals surface area (Å²) in [6.07, 6.45) is 6.12. The molecule has 0 unspecified atom stereocenters. The van der Waals surface area contributed by atoms with Crippen LogP contribution < -0.4 is 5.32 Å². The fourth-order valence-electron chi connectivity index (χ4n) is 1.65. The van der Waals surface area contributed by atoms with Crippen molar-refractivity contribution in [1.29, 1.82) is 0 Å². The Morgan fingerprint density at radius 3 is 3.00 bits per heavy atom. The number of imidazole rings is 1. The second kappa shape index (κ2) is 6.25. The Morgan fingerprint density at radius 1 is 1.44 bits per heavy atom. The molecule has 1 aromatic carbocycles. The minimum absolute atomic E-state index is 0.704. The highest BCUT2D eigenvalue weighted by Gasteiger charge is 2.04. The lowest BCUT2D eigenvalue weighted by Crippen LogP contribution is -2.03. The van der Waals surface area contributed by atoms with Crippen molar-refractivity contribution in [1.82, 2.24) is 9.55 Å². The van der Waals surface area contributed by atoms with Gasteiger partial charge in [0.25, 0.3) is 0 Å². The van der Waals surface area contributed by atoms with Gasteiger partial charge in [-0.1, -0.05) is 24.9 Å². The lowest BCUT2D eigenvalue weighted by molar-refractivity contribution is 0.638. The zero-order chi connectivity index (χ0) is 13.0. The molecule has 2 aromatic rings. The van der Waals surface area contributed by atoms with Crippen LogP contribution in [-0.2, 0) is 6.54 Å². The van der Waals surface area contributed by atoms with Gasteiger partial charge in [-0.2, -0.15) is 0 Å². The van der Waals surface area contributed by atoms with Gasteiger partial charge in [-0.25, -0.2) is 4.98 Å². The summed E-state index contributed by atoms with van der Waals surface area (Å²) in [5.74, 6) is 0.859. The molecule has 0 spiro atoms. The number of benzene rings is 1. The highest BCUT2D eigenvalue weighted by Crippen LogP contribution is 2.27. The van der Waals surface area contributed by atoms with Crippen LogP contribution in [0.15, 0.2) is 35.1 Å². The molecule has 0 aliphatic heterocycles. The average Bonchev–Trinajstić information content (AvgIpc) is 2.79. The zero-order valence-electron chi connectivity index (χ0n) is 10.2. The Bertz CT molecular complexity index is 525. The third-order valence-electron chi connectivity index (χ3n) is 2.64. The quantitative estimate of drug-likeness (QED) is 0.851. The molecule has 0 fully saturated rings. The number of nitrogens with one attached hydrogen (secondary N) is 1. The van der Waals surface area contributed by atoms with Crippen molar-refractivity contribution in [2.75, 3.05) is 5.32 Å². The number of halogens is 2. The van der Waals surface area contributed by atoms with Crippen molar-refractivity contribution in [3.63, 3.8) is 0 Å². The lowest BCUT2D eigenvalue weighted by Gasteiger charge is -2.10. The molecule has 0 saturated carbocycles. The molecule has 0 aliphatic rings. The minimum atomic E-state index is 0.704. The largest absolute Gasteiger partial charge is 0.326 e. The van der Waals surface area contributed by atoms with E-state index in [0.717, 1.165) is 29.1 Å². The first kappa shape index (κ1) is 13.4. The monoisotopic (exact) mass is 327 g/mol. The first-order valence-electron chi connectivity index (χ1n) is 5.94. The molecular weight excluding hydrogens is 314 g/mol.